The van der Waals surface area contributed by atoms with Crippen molar-refractivity contribution in [3.63, 3.8) is 0 Å². The molecule has 0 aliphatic carbocycles. The van der Waals surface area contributed by atoms with Gasteiger partial charge in [0.1, 0.15) is 0 Å². The minimum absolute atomic E-state index is 0.0263. The van der Waals surface area contributed by atoms with Crippen molar-refractivity contribution in [2.24, 2.45) is 0 Å². The SMILES string of the molecule is CC(=O)N1CCc2cc(S(=O)(=O)NCCc3c(C)[nH]c4ccccc34)ccc21. The van der Waals surface area contributed by atoms with Crippen molar-refractivity contribution in [1.29, 1.82) is 0 Å². The first-order chi connectivity index (χ1) is 13.4. The van der Waals surface area contributed by atoms with Gasteiger partial charge >= 0.3 is 0 Å². The van der Waals surface area contributed by atoms with Crippen LogP contribution in [0.1, 0.15) is 23.7 Å². The normalized spacial score (nSPS) is 13.9. The molecule has 2 heterocycles. The number of hydrogen-bond acceptors (Lipinski definition) is 3. The fourth-order valence-corrected chi connectivity index (χ4v) is 5.01. The van der Waals surface area contributed by atoms with E-state index in [1.807, 2.05) is 31.2 Å². The van der Waals surface area contributed by atoms with Crippen LogP contribution in [0.5, 0.6) is 0 Å². The molecule has 0 saturated carbocycles. The van der Waals surface area contributed by atoms with Gasteiger partial charge in [-0.05, 0) is 55.2 Å². The van der Waals surface area contributed by atoms with Gasteiger partial charge < -0.3 is 9.88 Å². The number of hydrogen-bond donors (Lipinski definition) is 2. The number of fused-ring (bicyclic) bond motifs is 2. The van der Waals surface area contributed by atoms with Gasteiger partial charge in [-0.25, -0.2) is 13.1 Å². The summed E-state index contributed by atoms with van der Waals surface area (Å²) in [6, 6.07) is 13.0. The van der Waals surface area contributed by atoms with E-state index in [-0.39, 0.29) is 10.8 Å². The molecule has 1 aromatic heterocycles. The molecule has 0 saturated heterocycles. The van der Waals surface area contributed by atoms with Gasteiger partial charge in [0, 0.05) is 42.3 Å². The van der Waals surface area contributed by atoms with Crippen LogP contribution in [0.15, 0.2) is 47.4 Å². The van der Waals surface area contributed by atoms with E-state index in [2.05, 4.69) is 9.71 Å². The number of para-hydroxylation sites is 1. The Balaban J connectivity index is 1.49. The summed E-state index contributed by atoms with van der Waals surface area (Å²) in [6.45, 7) is 4.45. The summed E-state index contributed by atoms with van der Waals surface area (Å²) in [5.41, 5.74) is 4.95. The highest BCUT2D eigenvalue weighted by Crippen LogP contribution is 2.30. The minimum Gasteiger partial charge on any atom is -0.358 e. The Labute approximate surface area is 164 Å². The van der Waals surface area contributed by atoms with Gasteiger partial charge in [0.15, 0.2) is 0 Å². The van der Waals surface area contributed by atoms with Crippen LogP contribution in [-0.4, -0.2) is 32.4 Å². The molecular formula is C21H23N3O3S. The molecule has 146 valence electrons. The Bertz CT molecular complexity index is 1160. The van der Waals surface area contributed by atoms with Crippen LogP contribution in [0.4, 0.5) is 5.69 Å². The second kappa shape index (κ2) is 7.07. The Morgan fingerprint density at radius 3 is 2.79 bits per heavy atom. The summed E-state index contributed by atoms with van der Waals surface area (Å²) >= 11 is 0. The third-order valence-corrected chi connectivity index (χ3v) is 6.79. The maximum atomic E-state index is 12.7. The van der Waals surface area contributed by atoms with Crippen molar-refractivity contribution in [2.75, 3.05) is 18.0 Å². The van der Waals surface area contributed by atoms with Crippen LogP contribution in [0.2, 0.25) is 0 Å². The third kappa shape index (κ3) is 3.31. The van der Waals surface area contributed by atoms with Gasteiger partial charge in [0.05, 0.1) is 4.90 Å². The molecule has 1 aliphatic heterocycles. The molecule has 4 rings (SSSR count). The zero-order chi connectivity index (χ0) is 19.9. The molecule has 28 heavy (non-hydrogen) atoms. The van der Waals surface area contributed by atoms with E-state index in [9.17, 15) is 13.2 Å². The first-order valence-electron chi connectivity index (χ1n) is 9.34. The Morgan fingerprint density at radius 1 is 1.21 bits per heavy atom. The Kier molecular flexibility index (Phi) is 4.72. The quantitative estimate of drug-likeness (QED) is 0.694. The lowest BCUT2D eigenvalue weighted by Gasteiger charge is -2.15. The maximum absolute atomic E-state index is 12.7. The van der Waals surface area contributed by atoms with Gasteiger partial charge in [-0.15, -0.1) is 0 Å². The molecular weight excluding hydrogens is 374 g/mol. The van der Waals surface area contributed by atoms with Crippen molar-refractivity contribution >= 4 is 32.5 Å². The standard InChI is InChI=1S/C21H23N3O3S/c1-14-18(19-5-3-4-6-20(19)23-14)9-11-22-28(26,27)17-7-8-21-16(13-17)10-12-24(21)15(2)25/h3-8,13,22-23H,9-12H2,1-2H3. The number of amides is 1. The monoisotopic (exact) mass is 397 g/mol. The highest BCUT2D eigenvalue weighted by atomic mass is 32.2. The molecule has 0 spiro atoms. The fourth-order valence-electron chi connectivity index (χ4n) is 3.92. The highest BCUT2D eigenvalue weighted by Gasteiger charge is 2.24. The first kappa shape index (κ1) is 18.7. The van der Waals surface area contributed by atoms with E-state index in [0.717, 1.165) is 33.4 Å². The van der Waals surface area contributed by atoms with Crippen LogP contribution in [0.3, 0.4) is 0 Å². The predicted molar refractivity (Wildman–Crippen MR) is 110 cm³/mol. The molecule has 6 nitrogen and oxygen atoms in total. The van der Waals surface area contributed by atoms with Crippen molar-refractivity contribution in [2.45, 2.75) is 31.6 Å². The van der Waals surface area contributed by atoms with Gasteiger partial charge in [-0.1, -0.05) is 18.2 Å². The van der Waals surface area contributed by atoms with E-state index in [1.54, 1.807) is 23.1 Å². The van der Waals surface area contributed by atoms with Gasteiger partial charge in [-0.3, -0.25) is 4.79 Å². The van der Waals surface area contributed by atoms with E-state index < -0.39 is 10.0 Å². The predicted octanol–water partition coefficient (Wildman–Crippen LogP) is 2.91. The van der Waals surface area contributed by atoms with Gasteiger partial charge in [0.25, 0.3) is 0 Å². The molecule has 1 amide bonds. The van der Waals surface area contributed by atoms with Crippen LogP contribution in [0, 0.1) is 6.92 Å². The number of carbonyl (C=O) groups excluding carboxylic acids is 1. The fraction of sp³-hybridized carbons (Fsp3) is 0.286. The second-order valence-electron chi connectivity index (χ2n) is 7.13. The van der Waals surface area contributed by atoms with Crippen molar-refractivity contribution in [3.8, 4) is 0 Å². The number of carbonyl (C=O) groups is 1. The van der Waals surface area contributed by atoms with E-state index in [4.69, 9.17) is 0 Å². The molecule has 0 bridgehead atoms. The Hall–Kier alpha value is -2.64. The van der Waals surface area contributed by atoms with Crippen molar-refractivity contribution in [1.82, 2.24) is 9.71 Å². The Morgan fingerprint density at radius 2 is 2.00 bits per heavy atom. The number of anilines is 1. The zero-order valence-electron chi connectivity index (χ0n) is 16.0. The zero-order valence-corrected chi connectivity index (χ0v) is 16.8. The van der Waals surface area contributed by atoms with Crippen LogP contribution in [0.25, 0.3) is 10.9 Å². The first-order valence-corrected chi connectivity index (χ1v) is 10.8. The molecule has 0 unspecified atom stereocenters. The van der Waals surface area contributed by atoms with Crippen LogP contribution in [-0.2, 0) is 27.7 Å². The van der Waals surface area contributed by atoms with Crippen molar-refractivity contribution < 1.29 is 13.2 Å². The van der Waals surface area contributed by atoms with E-state index in [0.29, 0.717) is 25.9 Å². The van der Waals surface area contributed by atoms with Crippen molar-refractivity contribution in [3.05, 3.63) is 59.3 Å². The van der Waals surface area contributed by atoms with Crippen LogP contribution >= 0.6 is 0 Å². The second-order valence-corrected chi connectivity index (χ2v) is 8.90. The lowest BCUT2D eigenvalue weighted by Crippen LogP contribution is -2.26. The molecule has 3 aromatic rings. The lowest BCUT2D eigenvalue weighted by molar-refractivity contribution is -0.116. The number of rotatable bonds is 5. The number of nitrogens with zero attached hydrogens (tertiary/aromatic N) is 1. The number of sulfonamides is 1. The molecule has 2 aromatic carbocycles. The highest BCUT2D eigenvalue weighted by molar-refractivity contribution is 7.89. The van der Waals surface area contributed by atoms with Gasteiger partial charge in [-0.2, -0.15) is 0 Å². The number of aromatic nitrogens is 1. The summed E-state index contributed by atoms with van der Waals surface area (Å²) in [5, 5.41) is 1.13. The molecule has 0 fully saturated rings. The maximum Gasteiger partial charge on any atom is 0.240 e. The minimum atomic E-state index is -3.60. The van der Waals surface area contributed by atoms with E-state index in [1.165, 1.54) is 6.92 Å². The summed E-state index contributed by atoms with van der Waals surface area (Å²) in [6.07, 6.45) is 1.28. The molecule has 0 radical (unpaired) electrons. The molecule has 7 heteroatoms. The topological polar surface area (TPSA) is 82.3 Å². The van der Waals surface area contributed by atoms with Crippen LogP contribution < -0.4 is 9.62 Å². The number of benzene rings is 2. The summed E-state index contributed by atoms with van der Waals surface area (Å²) in [5.74, 6) is -0.0263. The lowest BCUT2D eigenvalue weighted by atomic mass is 10.1. The average molecular weight is 398 g/mol. The molecule has 0 atom stereocenters. The molecule has 1 aliphatic rings. The number of aromatic amines is 1. The summed E-state index contributed by atoms with van der Waals surface area (Å²) in [7, 11) is -3.60. The number of aryl methyl sites for hydroxylation is 1. The summed E-state index contributed by atoms with van der Waals surface area (Å²) in [4.78, 5) is 16.9. The third-order valence-electron chi connectivity index (χ3n) is 5.33. The summed E-state index contributed by atoms with van der Waals surface area (Å²) < 4.78 is 28.2. The molecule has 2 N–H and O–H groups in total. The largest absolute Gasteiger partial charge is 0.358 e. The smallest absolute Gasteiger partial charge is 0.240 e. The number of H-pyrrole nitrogens is 1. The average Bonchev–Trinajstić information content (AvgIpc) is 3.22. The number of nitrogens with one attached hydrogen (secondary N) is 2. The van der Waals surface area contributed by atoms with E-state index >= 15 is 0 Å². The van der Waals surface area contributed by atoms with Gasteiger partial charge in [0.2, 0.25) is 15.9 Å².